The summed E-state index contributed by atoms with van der Waals surface area (Å²) < 4.78 is 61.4. The Kier molecular flexibility index (Phi) is 4.55. The maximum atomic E-state index is 12.6. The first-order valence-corrected chi connectivity index (χ1v) is 8.42. The highest BCUT2D eigenvalue weighted by Crippen LogP contribution is 2.29. The number of aromatic nitrogens is 3. The van der Waals surface area contributed by atoms with Crippen LogP contribution in [0.2, 0.25) is 0 Å². The van der Waals surface area contributed by atoms with Gasteiger partial charge >= 0.3 is 6.18 Å². The Morgan fingerprint density at radius 2 is 2.00 bits per heavy atom. The lowest BCUT2D eigenvalue weighted by atomic mass is 10.1. The molecule has 5 nitrogen and oxygen atoms in total. The Balaban J connectivity index is 2.07. The molecule has 0 saturated heterocycles. The first kappa shape index (κ1) is 16.5. The van der Waals surface area contributed by atoms with Gasteiger partial charge in [-0.2, -0.15) is 13.2 Å². The maximum Gasteiger partial charge on any atom is 0.416 e. The van der Waals surface area contributed by atoms with Crippen molar-refractivity contribution in [2.24, 2.45) is 0 Å². The lowest BCUT2D eigenvalue weighted by Crippen LogP contribution is -2.07. The average Bonchev–Trinajstić information content (AvgIpc) is 2.83. The SMILES string of the molecule is CS(=O)(=O)CCc1cn(Cc2cccc(C(F)(F)F)c2)nn1. The Labute approximate surface area is 125 Å². The largest absolute Gasteiger partial charge is 0.416 e. The van der Waals surface area contributed by atoms with E-state index in [0.717, 1.165) is 18.4 Å². The van der Waals surface area contributed by atoms with Crippen LogP contribution in [0.5, 0.6) is 0 Å². The molecule has 1 heterocycles. The van der Waals surface area contributed by atoms with Gasteiger partial charge in [-0.3, -0.25) is 0 Å². The number of alkyl halides is 3. The minimum Gasteiger partial charge on any atom is -0.248 e. The Morgan fingerprint density at radius 1 is 1.27 bits per heavy atom. The van der Waals surface area contributed by atoms with E-state index in [4.69, 9.17) is 0 Å². The molecular weight excluding hydrogens is 319 g/mol. The second kappa shape index (κ2) is 6.07. The van der Waals surface area contributed by atoms with E-state index in [1.54, 1.807) is 6.07 Å². The number of rotatable bonds is 5. The molecule has 2 rings (SSSR count). The Hall–Kier alpha value is -1.90. The van der Waals surface area contributed by atoms with Crippen molar-refractivity contribution in [3.05, 3.63) is 47.3 Å². The van der Waals surface area contributed by atoms with Gasteiger partial charge in [-0.05, 0) is 17.7 Å². The second-order valence-corrected chi connectivity index (χ2v) is 7.25. The van der Waals surface area contributed by atoms with Gasteiger partial charge in [0.15, 0.2) is 0 Å². The standard InChI is InChI=1S/C13H14F3N3O2S/c1-22(20,21)6-5-12-9-19(18-17-12)8-10-3-2-4-11(7-10)13(14,15)16/h2-4,7,9H,5-6,8H2,1H3. The van der Waals surface area contributed by atoms with Crippen molar-refractivity contribution in [1.29, 1.82) is 0 Å². The zero-order chi connectivity index (χ0) is 16.4. The van der Waals surface area contributed by atoms with Crippen LogP contribution in [0.1, 0.15) is 16.8 Å². The zero-order valence-electron chi connectivity index (χ0n) is 11.7. The van der Waals surface area contributed by atoms with E-state index in [1.165, 1.54) is 16.9 Å². The molecule has 0 spiro atoms. The van der Waals surface area contributed by atoms with E-state index in [1.807, 2.05) is 0 Å². The van der Waals surface area contributed by atoms with Gasteiger partial charge in [0.2, 0.25) is 0 Å². The summed E-state index contributed by atoms with van der Waals surface area (Å²) in [7, 11) is -3.10. The van der Waals surface area contributed by atoms with Crippen LogP contribution < -0.4 is 0 Å². The molecule has 0 amide bonds. The number of nitrogens with zero attached hydrogens (tertiary/aromatic N) is 3. The number of halogens is 3. The summed E-state index contributed by atoms with van der Waals surface area (Å²) in [5.41, 5.74) is 0.203. The first-order chi connectivity index (χ1) is 10.1. The van der Waals surface area contributed by atoms with E-state index in [2.05, 4.69) is 10.3 Å². The number of hydrogen-bond acceptors (Lipinski definition) is 4. The average molecular weight is 333 g/mol. The summed E-state index contributed by atoms with van der Waals surface area (Å²) in [5, 5.41) is 7.61. The first-order valence-electron chi connectivity index (χ1n) is 6.36. The summed E-state index contributed by atoms with van der Waals surface area (Å²) in [5.74, 6) is -0.0464. The lowest BCUT2D eigenvalue weighted by Gasteiger charge is -2.08. The van der Waals surface area contributed by atoms with Crippen molar-refractivity contribution in [3.63, 3.8) is 0 Å². The molecular formula is C13H14F3N3O2S. The molecule has 0 N–H and O–H groups in total. The van der Waals surface area contributed by atoms with Crippen molar-refractivity contribution in [3.8, 4) is 0 Å². The fourth-order valence-electron chi connectivity index (χ4n) is 1.85. The lowest BCUT2D eigenvalue weighted by molar-refractivity contribution is -0.137. The number of benzene rings is 1. The highest BCUT2D eigenvalue weighted by Gasteiger charge is 2.30. The third kappa shape index (κ3) is 4.83. The fourth-order valence-corrected chi connectivity index (χ4v) is 2.43. The Bertz CT molecular complexity index is 754. The van der Waals surface area contributed by atoms with Crippen LogP contribution in [0.25, 0.3) is 0 Å². The molecule has 0 fully saturated rings. The van der Waals surface area contributed by atoms with E-state index in [0.29, 0.717) is 11.3 Å². The Morgan fingerprint density at radius 3 is 2.64 bits per heavy atom. The van der Waals surface area contributed by atoms with Gasteiger partial charge in [0, 0.05) is 18.9 Å². The molecule has 0 aliphatic carbocycles. The van der Waals surface area contributed by atoms with Crippen molar-refractivity contribution in [2.75, 3.05) is 12.0 Å². The van der Waals surface area contributed by atoms with Gasteiger partial charge in [0.25, 0.3) is 0 Å². The summed E-state index contributed by atoms with van der Waals surface area (Å²) in [6.07, 6.45) is -1.51. The summed E-state index contributed by atoms with van der Waals surface area (Å²) in [6.45, 7) is 0.135. The molecule has 120 valence electrons. The topological polar surface area (TPSA) is 64.8 Å². The molecule has 2 aromatic rings. The van der Waals surface area contributed by atoms with Gasteiger partial charge < -0.3 is 0 Å². The second-order valence-electron chi connectivity index (χ2n) is 4.99. The molecule has 0 radical (unpaired) electrons. The normalized spacial score (nSPS) is 12.5. The van der Waals surface area contributed by atoms with E-state index >= 15 is 0 Å². The highest BCUT2D eigenvalue weighted by atomic mass is 32.2. The predicted octanol–water partition coefficient (Wildman–Crippen LogP) is 1.93. The van der Waals surface area contributed by atoms with Crippen LogP contribution in [0.15, 0.2) is 30.5 Å². The molecule has 0 aliphatic rings. The van der Waals surface area contributed by atoms with Crippen molar-refractivity contribution in [1.82, 2.24) is 15.0 Å². The van der Waals surface area contributed by atoms with E-state index in [-0.39, 0.29) is 18.7 Å². The summed E-state index contributed by atoms with van der Waals surface area (Å²) in [4.78, 5) is 0. The van der Waals surface area contributed by atoms with Gasteiger partial charge in [0.05, 0.1) is 23.6 Å². The molecule has 0 bridgehead atoms. The van der Waals surface area contributed by atoms with Crippen LogP contribution in [-0.2, 0) is 29.0 Å². The van der Waals surface area contributed by atoms with E-state index in [9.17, 15) is 21.6 Å². The third-order valence-electron chi connectivity index (χ3n) is 2.91. The van der Waals surface area contributed by atoms with Gasteiger partial charge in [0.1, 0.15) is 9.84 Å². The number of hydrogen-bond donors (Lipinski definition) is 0. The van der Waals surface area contributed by atoms with Crippen molar-refractivity contribution < 1.29 is 21.6 Å². The summed E-state index contributed by atoms with van der Waals surface area (Å²) in [6, 6.07) is 4.95. The van der Waals surface area contributed by atoms with Gasteiger partial charge in [-0.1, -0.05) is 17.3 Å². The van der Waals surface area contributed by atoms with Crippen LogP contribution in [0.4, 0.5) is 13.2 Å². The predicted molar refractivity (Wildman–Crippen MR) is 74.0 cm³/mol. The molecule has 0 unspecified atom stereocenters. The number of aryl methyl sites for hydroxylation is 1. The monoisotopic (exact) mass is 333 g/mol. The molecule has 0 aliphatic heterocycles. The molecule has 9 heteroatoms. The van der Waals surface area contributed by atoms with Crippen molar-refractivity contribution in [2.45, 2.75) is 19.1 Å². The molecule has 1 aromatic heterocycles. The minimum atomic E-state index is -4.39. The fraction of sp³-hybridized carbons (Fsp3) is 0.385. The minimum absolute atomic E-state index is 0.0464. The summed E-state index contributed by atoms with van der Waals surface area (Å²) >= 11 is 0. The van der Waals surface area contributed by atoms with Crippen LogP contribution >= 0.6 is 0 Å². The van der Waals surface area contributed by atoms with E-state index < -0.39 is 21.6 Å². The van der Waals surface area contributed by atoms with Crippen molar-refractivity contribution >= 4 is 9.84 Å². The molecule has 22 heavy (non-hydrogen) atoms. The van der Waals surface area contributed by atoms with Gasteiger partial charge in [-0.15, -0.1) is 5.10 Å². The third-order valence-corrected chi connectivity index (χ3v) is 3.86. The van der Waals surface area contributed by atoms with Crippen LogP contribution in [-0.4, -0.2) is 35.4 Å². The molecule has 1 aromatic carbocycles. The molecule has 0 saturated carbocycles. The van der Waals surface area contributed by atoms with Crippen LogP contribution in [0, 0.1) is 0 Å². The quantitative estimate of drug-likeness (QED) is 0.839. The zero-order valence-corrected chi connectivity index (χ0v) is 12.5. The van der Waals surface area contributed by atoms with Gasteiger partial charge in [-0.25, -0.2) is 13.1 Å². The van der Waals surface area contributed by atoms with Crippen LogP contribution in [0.3, 0.4) is 0 Å². The molecule has 0 atom stereocenters. The highest BCUT2D eigenvalue weighted by molar-refractivity contribution is 7.90. The smallest absolute Gasteiger partial charge is 0.248 e. The number of sulfone groups is 1. The maximum absolute atomic E-state index is 12.6.